The highest BCUT2D eigenvalue weighted by Crippen LogP contribution is 2.43. The van der Waals surface area contributed by atoms with Crippen LogP contribution < -0.4 is 0 Å². The number of ether oxygens (including phenoxy) is 3. The number of carbonyl (C=O) groups is 2. The van der Waals surface area contributed by atoms with Gasteiger partial charge in [0.15, 0.2) is 5.89 Å². The van der Waals surface area contributed by atoms with E-state index in [1.807, 2.05) is 44.2 Å². The van der Waals surface area contributed by atoms with Gasteiger partial charge in [-0.25, -0.2) is 9.78 Å². The van der Waals surface area contributed by atoms with Crippen LogP contribution >= 0.6 is 0 Å². The molecular formula is C35H49NO9. The van der Waals surface area contributed by atoms with Crippen molar-refractivity contribution in [3.8, 4) is 0 Å². The summed E-state index contributed by atoms with van der Waals surface area (Å²) in [5, 5.41) is 33.3. The second kappa shape index (κ2) is 16.3. The van der Waals surface area contributed by atoms with E-state index < -0.39 is 47.9 Å². The maximum absolute atomic E-state index is 13.0. The van der Waals surface area contributed by atoms with Crippen molar-refractivity contribution in [2.24, 2.45) is 17.8 Å². The molecule has 2 aliphatic rings. The summed E-state index contributed by atoms with van der Waals surface area (Å²) in [4.78, 5) is 29.2. The molecular weight excluding hydrogens is 578 g/mol. The van der Waals surface area contributed by atoms with Crippen LogP contribution in [0.2, 0.25) is 0 Å². The standard InChI is InChI=1S/C35H49NO9/c1-21(16-27-20-43-25(5)36-27)10-8-11-23(3)34(41)24(4)29-19-30(38)35(6)31(45-35)15-14-22(2)28(37)17-26(18-33(40)42-7)12-9-13-32(39)44-29/h8-11,13-16,20,22,24,26,28-31,34,37-38,41H,12,17-19H2,1-7H3/t22-,24+,26-,28-,29?,30+,31-,34+,35+/m1/s1. The SMILES string of the molecule is COC(=O)C[C@@H]1CC=CC(=O)OC([C@H](C)[C@@H](O)C(C)=CC=CC(C)=Cc2coc(C)n2)C[C@H](O)[C@]2(C)O[C@@H]2C=C[C@@H](C)[C@H](O)C1. The fourth-order valence-electron chi connectivity index (χ4n) is 5.45. The van der Waals surface area contributed by atoms with Crippen LogP contribution in [0.3, 0.4) is 0 Å². The number of aryl methyl sites for hydroxylation is 1. The fourth-order valence-corrected chi connectivity index (χ4v) is 5.45. The van der Waals surface area contributed by atoms with E-state index in [9.17, 15) is 24.9 Å². The minimum atomic E-state index is -0.988. The summed E-state index contributed by atoms with van der Waals surface area (Å²) in [5.74, 6) is -1.48. The molecule has 1 aromatic rings. The number of allylic oxidation sites excluding steroid dienone is 5. The molecule has 1 fully saturated rings. The number of cyclic esters (lactones) is 1. The second-order valence-electron chi connectivity index (χ2n) is 12.5. The van der Waals surface area contributed by atoms with Gasteiger partial charge in [-0.15, -0.1) is 0 Å². The predicted octanol–water partition coefficient (Wildman–Crippen LogP) is 4.79. The van der Waals surface area contributed by atoms with Gasteiger partial charge >= 0.3 is 11.9 Å². The Morgan fingerprint density at radius 1 is 1.24 bits per heavy atom. The lowest BCUT2D eigenvalue weighted by Gasteiger charge is -2.30. The molecule has 10 heteroatoms. The van der Waals surface area contributed by atoms with E-state index in [-0.39, 0.29) is 30.8 Å². The van der Waals surface area contributed by atoms with Gasteiger partial charge in [-0.05, 0) is 56.8 Å². The highest BCUT2D eigenvalue weighted by molar-refractivity contribution is 5.82. The Hall–Kier alpha value is -3.31. The number of hydrogen-bond donors (Lipinski definition) is 3. The average molecular weight is 628 g/mol. The van der Waals surface area contributed by atoms with Crippen LogP contribution in [0.25, 0.3) is 6.08 Å². The van der Waals surface area contributed by atoms with Crippen molar-refractivity contribution in [1.82, 2.24) is 4.98 Å². The van der Waals surface area contributed by atoms with Gasteiger partial charge in [0.2, 0.25) is 0 Å². The van der Waals surface area contributed by atoms with E-state index in [1.165, 1.54) is 13.2 Å². The van der Waals surface area contributed by atoms with Crippen molar-refractivity contribution in [2.45, 2.75) is 103 Å². The number of esters is 2. The third-order valence-corrected chi connectivity index (χ3v) is 8.73. The average Bonchev–Trinajstić information content (AvgIpc) is 3.50. The van der Waals surface area contributed by atoms with Gasteiger partial charge in [-0.2, -0.15) is 0 Å². The normalized spacial score (nSPS) is 31.7. The molecule has 2 aliphatic heterocycles. The summed E-state index contributed by atoms with van der Waals surface area (Å²) in [6, 6.07) is 0. The summed E-state index contributed by atoms with van der Waals surface area (Å²) < 4.78 is 21.7. The lowest BCUT2D eigenvalue weighted by Crippen LogP contribution is -2.40. The number of aromatic nitrogens is 1. The van der Waals surface area contributed by atoms with Crippen molar-refractivity contribution in [3.63, 3.8) is 0 Å². The summed E-state index contributed by atoms with van der Waals surface area (Å²) in [6.07, 6.45) is 12.5. The van der Waals surface area contributed by atoms with E-state index >= 15 is 0 Å². The first-order valence-corrected chi connectivity index (χ1v) is 15.5. The highest BCUT2D eigenvalue weighted by Gasteiger charge is 2.56. The Labute approximate surface area is 266 Å². The molecule has 248 valence electrons. The number of oxazole rings is 1. The maximum atomic E-state index is 13.0. The van der Waals surface area contributed by atoms with E-state index in [1.54, 1.807) is 46.1 Å². The number of fused-ring (bicyclic) bond motifs is 1. The lowest BCUT2D eigenvalue weighted by molar-refractivity contribution is -0.150. The largest absolute Gasteiger partial charge is 0.469 e. The van der Waals surface area contributed by atoms with Gasteiger partial charge in [-0.1, -0.05) is 50.3 Å². The van der Waals surface area contributed by atoms with Crippen molar-refractivity contribution in [3.05, 3.63) is 71.5 Å². The zero-order valence-electron chi connectivity index (χ0n) is 27.4. The molecule has 3 N–H and O–H groups in total. The molecule has 10 nitrogen and oxygen atoms in total. The number of rotatable bonds is 8. The lowest BCUT2D eigenvalue weighted by atomic mass is 9.86. The van der Waals surface area contributed by atoms with Gasteiger partial charge in [0.25, 0.3) is 0 Å². The molecule has 1 saturated heterocycles. The number of aliphatic hydroxyl groups excluding tert-OH is 3. The Morgan fingerprint density at radius 2 is 1.98 bits per heavy atom. The first kappa shape index (κ1) is 36.2. The molecule has 45 heavy (non-hydrogen) atoms. The zero-order valence-corrected chi connectivity index (χ0v) is 27.4. The molecule has 1 aromatic heterocycles. The molecule has 3 heterocycles. The molecule has 9 atom stereocenters. The summed E-state index contributed by atoms with van der Waals surface area (Å²) in [6.45, 7) is 10.9. The van der Waals surface area contributed by atoms with Gasteiger partial charge < -0.3 is 33.9 Å². The van der Waals surface area contributed by atoms with Crippen molar-refractivity contribution < 1.29 is 43.5 Å². The zero-order chi connectivity index (χ0) is 33.3. The van der Waals surface area contributed by atoms with Gasteiger partial charge in [0.05, 0.1) is 25.4 Å². The third-order valence-electron chi connectivity index (χ3n) is 8.73. The second-order valence-corrected chi connectivity index (χ2v) is 12.5. The highest BCUT2D eigenvalue weighted by atomic mass is 16.6. The summed E-state index contributed by atoms with van der Waals surface area (Å²) in [5.41, 5.74) is 1.41. The Bertz CT molecular complexity index is 1310. The molecule has 0 aliphatic carbocycles. The van der Waals surface area contributed by atoms with Gasteiger partial charge in [0.1, 0.15) is 29.8 Å². The van der Waals surface area contributed by atoms with Crippen LogP contribution in [0.5, 0.6) is 0 Å². The minimum Gasteiger partial charge on any atom is -0.469 e. The van der Waals surface area contributed by atoms with Crippen molar-refractivity contribution >= 4 is 18.0 Å². The Morgan fingerprint density at radius 3 is 2.64 bits per heavy atom. The number of epoxide rings is 1. The first-order chi connectivity index (χ1) is 21.2. The fraction of sp³-hybridized carbons (Fsp3) is 0.571. The number of carbonyl (C=O) groups excluding carboxylic acids is 2. The predicted molar refractivity (Wildman–Crippen MR) is 170 cm³/mol. The van der Waals surface area contributed by atoms with E-state index in [4.69, 9.17) is 18.6 Å². The monoisotopic (exact) mass is 627 g/mol. The van der Waals surface area contributed by atoms with Crippen LogP contribution in [0.15, 0.2) is 64.4 Å². The van der Waals surface area contributed by atoms with Crippen LogP contribution in [0.1, 0.15) is 71.9 Å². The molecule has 0 spiro atoms. The molecule has 1 unspecified atom stereocenters. The van der Waals surface area contributed by atoms with Crippen molar-refractivity contribution in [1.29, 1.82) is 0 Å². The van der Waals surface area contributed by atoms with Gasteiger partial charge in [0, 0.05) is 37.7 Å². The topological polar surface area (TPSA) is 152 Å². The van der Waals surface area contributed by atoms with Crippen molar-refractivity contribution in [2.75, 3.05) is 7.11 Å². The molecule has 0 aromatic carbocycles. The Kier molecular flexibility index (Phi) is 13.1. The summed E-state index contributed by atoms with van der Waals surface area (Å²) in [7, 11) is 1.32. The van der Waals surface area contributed by atoms with E-state index in [0.717, 1.165) is 11.3 Å². The number of nitrogens with zero attached hydrogens (tertiary/aromatic N) is 1. The van der Waals surface area contributed by atoms with Crippen LogP contribution in [0.4, 0.5) is 0 Å². The number of methoxy groups -OCH3 is 1. The van der Waals surface area contributed by atoms with Crippen LogP contribution in [-0.2, 0) is 23.8 Å². The minimum absolute atomic E-state index is 0.0455. The third kappa shape index (κ3) is 10.6. The maximum Gasteiger partial charge on any atom is 0.330 e. The van der Waals surface area contributed by atoms with Crippen LogP contribution in [-0.4, -0.2) is 75.5 Å². The molecule has 0 bridgehead atoms. The Balaban J connectivity index is 1.79. The molecule has 3 rings (SSSR count). The summed E-state index contributed by atoms with van der Waals surface area (Å²) >= 11 is 0. The molecule has 0 amide bonds. The molecule has 0 radical (unpaired) electrons. The first-order valence-electron chi connectivity index (χ1n) is 15.5. The van der Waals surface area contributed by atoms with E-state index in [0.29, 0.717) is 24.3 Å². The van der Waals surface area contributed by atoms with Crippen LogP contribution in [0, 0.1) is 24.7 Å². The smallest absolute Gasteiger partial charge is 0.330 e. The molecule has 0 saturated carbocycles. The number of hydrogen-bond acceptors (Lipinski definition) is 10. The quantitative estimate of drug-likeness (QED) is 0.159. The number of aliphatic hydroxyl groups is 3. The van der Waals surface area contributed by atoms with E-state index in [2.05, 4.69) is 4.98 Å². The van der Waals surface area contributed by atoms with Gasteiger partial charge in [-0.3, -0.25) is 4.79 Å².